The van der Waals surface area contributed by atoms with Gasteiger partial charge in [0.15, 0.2) is 0 Å². The molecule has 1 aliphatic rings. The Hall–Kier alpha value is -2.33. The first-order chi connectivity index (χ1) is 13.5. The number of carbonyl (C=O) groups is 1. The van der Waals surface area contributed by atoms with Gasteiger partial charge in [-0.25, -0.2) is 0 Å². The maximum atomic E-state index is 13.5. The molecule has 0 aromatic heterocycles. The van der Waals surface area contributed by atoms with E-state index in [4.69, 9.17) is 4.74 Å². The third-order valence-electron chi connectivity index (χ3n) is 5.41. The van der Waals surface area contributed by atoms with E-state index in [2.05, 4.69) is 49.9 Å². The molecule has 0 bridgehead atoms. The van der Waals surface area contributed by atoms with Crippen LogP contribution in [0.2, 0.25) is 0 Å². The SMILES string of the molecule is COc1ccc(C(=O)N(c2ccc(C)cc2)C2CCN(CC(C)C)CC2)cc1. The van der Waals surface area contributed by atoms with Crippen molar-refractivity contribution in [2.45, 2.75) is 39.7 Å². The number of methoxy groups -OCH3 is 1. The minimum atomic E-state index is 0.0637. The molecule has 3 rings (SSSR count). The fourth-order valence-electron chi connectivity index (χ4n) is 3.95. The van der Waals surface area contributed by atoms with Gasteiger partial charge in [-0.3, -0.25) is 4.79 Å². The highest BCUT2D eigenvalue weighted by atomic mass is 16.5. The van der Waals surface area contributed by atoms with Crippen LogP contribution in [0.4, 0.5) is 5.69 Å². The molecular weight excluding hydrogens is 348 g/mol. The Kier molecular flexibility index (Phi) is 6.74. The van der Waals surface area contributed by atoms with Crippen molar-refractivity contribution in [3.05, 3.63) is 59.7 Å². The lowest BCUT2D eigenvalue weighted by atomic mass is 9.99. The minimum absolute atomic E-state index is 0.0637. The minimum Gasteiger partial charge on any atom is -0.497 e. The number of piperidine rings is 1. The number of hydrogen-bond acceptors (Lipinski definition) is 3. The zero-order valence-electron chi connectivity index (χ0n) is 17.5. The third-order valence-corrected chi connectivity index (χ3v) is 5.41. The Morgan fingerprint density at radius 3 is 2.21 bits per heavy atom. The maximum Gasteiger partial charge on any atom is 0.258 e. The highest BCUT2D eigenvalue weighted by Crippen LogP contribution is 2.27. The normalized spacial score (nSPS) is 15.6. The van der Waals surface area contributed by atoms with Gasteiger partial charge in [0.1, 0.15) is 5.75 Å². The zero-order chi connectivity index (χ0) is 20.1. The number of carbonyl (C=O) groups excluding carboxylic acids is 1. The van der Waals surface area contributed by atoms with Gasteiger partial charge >= 0.3 is 0 Å². The lowest BCUT2D eigenvalue weighted by Gasteiger charge is -2.39. The van der Waals surface area contributed by atoms with Crippen LogP contribution in [-0.2, 0) is 0 Å². The summed E-state index contributed by atoms with van der Waals surface area (Å²) >= 11 is 0. The second-order valence-corrected chi connectivity index (χ2v) is 8.16. The molecule has 4 heteroatoms. The molecule has 2 aromatic rings. The van der Waals surface area contributed by atoms with Crippen LogP contribution in [0.15, 0.2) is 48.5 Å². The van der Waals surface area contributed by atoms with E-state index >= 15 is 0 Å². The van der Waals surface area contributed by atoms with Gasteiger partial charge in [0.05, 0.1) is 7.11 Å². The van der Waals surface area contributed by atoms with Crippen molar-refractivity contribution in [1.82, 2.24) is 4.90 Å². The molecule has 0 aliphatic carbocycles. The van der Waals surface area contributed by atoms with E-state index < -0.39 is 0 Å². The van der Waals surface area contributed by atoms with Crippen LogP contribution in [0, 0.1) is 12.8 Å². The van der Waals surface area contributed by atoms with E-state index in [1.165, 1.54) is 5.56 Å². The summed E-state index contributed by atoms with van der Waals surface area (Å²) < 4.78 is 5.24. The van der Waals surface area contributed by atoms with E-state index in [-0.39, 0.29) is 11.9 Å². The predicted octanol–water partition coefficient (Wildman–Crippen LogP) is 4.77. The summed E-state index contributed by atoms with van der Waals surface area (Å²) in [5.74, 6) is 1.50. The number of rotatable bonds is 6. The van der Waals surface area contributed by atoms with Gasteiger partial charge in [0.25, 0.3) is 5.91 Å². The lowest BCUT2D eigenvalue weighted by Crippen LogP contribution is -2.48. The average molecular weight is 381 g/mol. The van der Waals surface area contributed by atoms with E-state index in [9.17, 15) is 4.79 Å². The fourth-order valence-corrected chi connectivity index (χ4v) is 3.95. The van der Waals surface area contributed by atoms with Gasteiger partial charge in [0, 0.05) is 36.9 Å². The molecule has 1 heterocycles. The summed E-state index contributed by atoms with van der Waals surface area (Å²) in [5.41, 5.74) is 2.88. The Labute approximate surface area is 169 Å². The average Bonchev–Trinajstić information content (AvgIpc) is 2.70. The van der Waals surface area contributed by atoms with Crippen molar-refractivity contribution in [2.24, 2.45) is 5.92 Å². The summed E-state index contributed by atoms with van der Waals surface area (Å²) in [5, 5.41) is 0. The number of amides is 1. The number of aryl methyl sites for hydroxylation is 1. The lowest BCUT2D eigenvalue weighted by molar-refractivity contribution is 0.0957. The van der Waals surface area contributed by atoms with E-state index in [0.717, 1.165) is 43.9 Å². The third kappa shape index (κ3) is 4.93. The Balaban J connectivity index is 1.83. The highest BCUT2D eigenvalue weighted by molar-refractivity contribution is 6.06. The van der Waals surface area contributed by atoms with E-state index in [1.54, 1.807) is 7.11 Å². The van der Waals surface area contributed by atoms with Crippen LogP contribution in [-0.4, -0.2) is 43.6 Å². The first-order valence-electron chi connectivity index (χ1n) is 10.2. The molecule has 1 saturated heterocycles. The molecule has 0 radical (unpaired) electrons. The van der Waals surface area contributed by atoms with Crippen molar-refractivity contribution < 1.29 is 9.53 Å². The van der Waals surface area contributed by atoms with Gasteiger partial charge in [-0.15, -0.1) is 0 Å². The summed E-state index contributed by atoms with van der Waals surface area (Å²) in [6, 6.07) is 15.9. The first-order valence-corrected chi connectivity index (χ1v) is 10.2. The molecule has 150 valence electrons. The molecule has 0 saturated carbocycles. The monoisotopic (exact) mass is 380 g/mol. The van der Waals surface area contributed by atoms with Gasteiger partial charge in [-0.1, -0.05) is 31.5 Å². The van der Waals surface area contributed by atoms with Crippen LogP contribution in [0.1, 0.15) is 42.6 Å². The molecule has 2 aromatic carbocycles. The first kappa shape index (κ1) is 20.4. The fraction of sp³-hybridized carbons (Fsp3) is 0.458. The van der Waals surface area contributed by atoms with Crippen LogP contribution < -0.4 is 9.64 Å². The van der Waals surface area contributed by atoms with Crippen LogP contribution in [0.5, 0.6) is 5.75 Å². The molecule has 1 amide bonds. The molecule has 28 heavy (non-hydrogen) atoms. The maximum absolute atomic E-state index is 13.5. The molecule has 0 spiro atoms. The standard InChI is InChI=1S/C24H32N2O2/c1-18(2)17-25-15-13-22(14-16-25)26(21-9-5-19(3)6-10-21)24(27)20-7-11-23(28-4)12-8-20/h5-12,18,22H,13-17H2,1-4H3. The summed E-state index contributed by atoms with van der Waals surface area (Å²) in [4.78, 5) is 18.0. The molecule has 0 atom stereocenters. The van der Waals surface area contributed by atoms with Crippen LogP contribution >= 0.6 is 0 Å². The molecule has 0 N–H and O–H groups in total. The largest absolute Gasteiger partial charge is 0.497 e. The van der Waals surface area contributed by atoms with Crippen LogP contribution in [0.25, 0.3) is 0 Å². The van der Waals surface area contributed by atoms with Gasteiger partial charge in [-0.2, -0.15) is 0 Å². The molecule has 0 unspecified atom stereocenters. The Bertz CT molecular complexity index is 760. The van der Waals surface area contributed by atoms with Crippen LogP contribution in [0.3, 0.4) is 0 Å². The predicted molar refractivity (Wildman–Crippen MR) is 115 cm³/mol. The molecule has 1 fully saturated rings. The number of anilines is 1. The summed E-state index contributed by atoms with van der Waals surface area (Å²) in [6.07, 6.45) is 2.00. The van der Waals surface area contributed by atoms with Crippen molar-refractivity contribution in [3.8, 4) is 5.75 Å². The van der Waals surface area contributed by atoms with E-state index in [1.807, 2.05) is 29.2 Å². The quantitative estimate of drug-likeness (QED) is 0.724. The smallest absolute Gasteiger partial charge is 0.258 e. The summed E-state index contributed by atoms with van der Waals surface area (Å²) in [6.45, 7) is 9.81. The van der Waals surface area contributed by atoms with Crippen molar-refractivity contribution in [2.75, 3.05) is 31.6 Å². The number of likely N-dealkylation sites (tertiary alicyclic amines) is 1. The molecular formula is C24H32N2O2. The van der Waals surface area contributed by atoms with Crippen molar-refractivity contribution in [3.63, 3.8) is 0 Å². The number of hydrogen-bond donors (Lipinski definition) is 0. The number of nitrogens with zero attached hydrogens (tertiary/aromatic N) is 2. The topological polar surface area (TPSA) is 32.8 Å². The van der Waals surface area contributed by atoms with Gasteiger partial charge in [-0.05, 0) is 62.1 Å². The zero-order valence-corrected chi connectivity index (χ0v) is 17.5. The second kappa shape index (κ2) is 9.24. The molecule has 1 aliphatic heterocycles. The van der Waals surface area contributed by atoms with E-state index in [0.29, 0.717) is 11.5 Å². The Morgan fingerprint density at radius 1 is 1.07 bits per heavy atom. The van der Waals surface area contributed by atoms with Gasteiger partial charge < -0.3 is 14.5 Å². The number of benzene rings is 2. The van der Waals surface area contributed by atoms with Crippen molar-refractivity contribution >= 4 is 11.6 Å². The highest BCUT2D eigenvalue weighted by Gasteiger charge is 2.30. The van der Waals surface area contributed by atoms with Crippen molar-refractivity contribution in [1.29, 1.82) is 0 Å². The summed E-state index contributed by atoms with van der Waals surface area (Å²) in [7, 11) is 1.64. The van der Waals surface area contributed by atoms with Gasteiger partial charge in [0.2, 0.25) is 0 Å². The second-order valence-electron chi connectivity index (χ2n) is 8.16. The Morgan fingerprint density at radius 2 is 1.68 bits per heavy atom. The number of ether oxygens (including phenoxy) is 1. The molecule has 4 nitrogen and oxygen atoms in total.